The van der Waals surface area contributed by atoms with E-state index in [0.29, 0.717) is 13.2 Å². The molecule has 0 N–H and O–H groups in total. The van der Waals surface area contributed by atoms with Crippen LogP contribution < -0.4 is 0 Å². The van der Waals surface area contributed by atoms with Gasteiger partial charge in [-0.25, -0.2) is 0 Å². The second-order valence-corrected chi connectivity index (χ2v) is 4.63. The summed E-state index contributed by atoms with van der Waals surface area (Å²) in [6.45, 7) is 5.96. The Kier molecular flexibility index (Phi) is 4.35. The van der Waals surface area contributed by atoms with Gasteiger partial charge in [0.15, 0.2) is 0 Å². The minimum Gasteiger partial charge on any atom is -0.374 e. The van der Waals surface area contributed by atoms with Crippen molar-refractivity contribution in [3.05, 3.63) is 48.6 Å². The number of rotatable bonds is 8. The molecule has 1 aliphatic heterocycles. The molecule has 1 atom stereocenters. The summed E-state index contributed by atoms with van der Waals surface area (Å²) >= 11 is 0. The fourth-order valence-electron chi connectivity index (χ4n) is 1.90. The molecule has 92 valence electrons. The van der Waals surface area contributed by atoms with Crippen LogP contribution >= 0.6 is 0 Å². The van der Waals surface area contributed by atoms with Gasteiger partial charge in [-0.1, -0.05) is 36.4 Å². The van der Waals surface area contributed by atoms with Gasteiger partial charge < -0.3 is 9.47 Å². The molecule has 0 radical (unpaired) electrons. The first-order valence-corrected chi connectivity index (χ1v) is 6.21. The molecule has 1 heterocycles. The lowest BCUT2D eigenvalue weighted by molar-refractivity contribution is 0.0635. The number of benzene rings is 1. The summed E-state index contributed by atoms with van der Waals surface area (Å²) in [6, 6.07) is 10.2. The minimum atomic E-state index is 0.0117. The Labute approximate surface area is 103 Å². The molecule has 0 unspecified atom stereocenters. The molecular weight excluding hydrogens is 212 g/mol. The van der Waals surface area contributed by atoms with Gasteiger partial charge in [0.2, 0.25) is 0 Å². The molecule has 0 bridgehead atoms. The molecule has 0 saturated carbocycles. The van der Waals surface area contributed by atoms with Crippen LogP contribution in [0.3, 0.4) is 0 Å². The van der Waals surface area contributed by atoms with Gasteiger partial charge in [-0.3, -0.25) is 0 Å². The smallest absolute Gasteiger partial charge is 0.115 e. The van der Waals surface area contributed by atoms with Crippen LogP contribution in [0, 0.1) is 0 Å². The Bertz CT molecular complexity index is 341. The molecule has 1 saturated heterocycles. The van der Waals surface area contributed by atoms with Crippen LogP contribution in [0.4, 0.5) is 0 Å². The van der Waals surface area contributed by atoms with Crippen molar-refractivity contribution in [2.75, 3.05) is 13.2 Å². The van der Waals surface area contributed by atoms with Gasteiger partial charge in [0.1, 0.15) is 5.60 Å². The predicted molar refractivity (Wildman–Crippen MR) is 68.8 cm³/mol. The number of hydrogen-bond donors (Lipinski definition) is 0. The lowest BCUT2D eigenvalue weighted by Crippen LogP contribution is -2.19. The maximum absolute atomic E-state index is 5.73. The van der Waals surface area contributed by atoms with Crippen molar-refractivity contribution in [2.45, 2.75) is 31.5 Å². The molecule has 1 aliphatic rings. The zero-order chi connectivity index (χ0) is 12.0. The van der Waals surface area contributed by atoms with E-state index in [4.69, 9.17) is 9.47 Å². The van der Waals surface area contributed by atoms with Gasteiger partial charge in [-0.2, -0.15) is 0 Å². The van der Waals surface area contributed by atoms with E-state index in [0.717, 1.165) is 25.9 Å². The number of hydrogen-bond acceptors (Lipinski definition) is 2. The zero-order valence-corrected chi connectivity index (χ0v) is 10.2. The van der Waals surface area contributed by atoms with Crippen LogP contribution in [0.2, 0.25) is 0 Å². The van der Waals surface area contributed by atoms with Crippen LogP contribution in [0.5, 0.6) is 0 Å². The van der Waals surface area contributed by atoms with E-state index in [1.165, 1.54) is 5.56 Å². The number of ether oxygens (including phenoxy) is 2. The van der Waals surface area contributed by atoms with Crippen molar-refractivity contribution in [3.63, 3.8) is 0 Å². The summed E-state index contributed by atoms with van der Waals surface area (Å²) in [5.41, 5.74) is 1.23. The van der Waals surface area contributed by atoms with Crippen LogP contribution in [0.15, 0.2) is 43.0 Å². The van der Waals surface area contributed by atoms with Gasteiger partial charge >= 0.3 is 0 Å². The van der Waals surface area contributed by atoms with Crippen LogP contribution in [-0.2, 0) is 16.1 Å². The molecule has 2 heteroatoms. The highest BCUT2D eigenvalue weighted by Gasteiger charge is 2.44. The molecule has 0 spiro atoms. The lowest BCUT2D eigenvalue weighted by Gasteiger charge is -2.11. The Morgan fingerprint density at radius 3 is 2.76 bits per heavy atom. The molecule has 2 rings (SSSR count). The molecule has 0 aliphatic carbocycles. The van der Waals surface area contributed by atoms with Gasteiger partial charge in [-0.15, -0.1) is 6.58 Å². The maximum atomic E-state index is 5.73. The van der Waals surface area contributed by atoms with Crippen molar-refractivity contribution < 1.29 is 9.47 Å². The summed E-state index contributed by atoms with van der Waals surface area (Å²) < 4.78 is 11.2. The average Bonchev–Trinajstić information content (AvgIpc) is 3.11. The topological polar surface area (TPSA) is 21.8 Å². The highest BCUT2D eigenvalue weighted by Crippen LogP contribution is 2.33. The van der Waals surface area contributed by atoms with E-state index < -0.39 is 0 Å². The Balaban J connectivity index is 1.66. The van der Waals surface area contributed by atoms with Crippen molar-refractivity contribution in [3.8, 4) is 0 Å². The first-order chi connectivity index (χ1) is 8.35. The van der Waals surface area contributed by atoms with Crippen molar-refractivity contribution in [1.29, 1.82) is 0 Å². The van der Waals surface area contributed by atoms with Gasteiger partial charge in [0.05, 0.1) is 19.8 Å². The van der Waals surface area contributed by atoms with Gasteiger partial charge in [0.25, 0.3) is 0 Å². The maximum Gasteiger partial charge on any atom is 0.115 e. The van der Waals surface area contributed by atoms with E-state index in [-0.39, 0.29) is 5.60 Å². The summed E-state index contributed by atoms with van der Waals surface area (Å²) in [4.78, 5) is 0. The van der Waals surface area contributed by atoms with Crippen LogP contribution in [-0.4, -0.2) is 18.8 Å². The highest BCUT2D eigenvalue weighted by atomic mass is 16.6. The third-order valence-electron chi connectivity index (χ3n) is 3.07. The van der Waals surface area contributed by atoms with Gasteiger partial charge in [-0.05, 0) is 24.8 Å². The number of epoxide rings is 1. The molecule has 2 nitrogen and oxygen atoms in total. The van der Waals surface area contributed by atoms with Crippen molar-refractivity contribution in [2.24, 2.45) is 0 Å². The standard InChI is InChI=1S/C15H20O2/c1-2-3-7-10-15(13-17-15)12-16-11-14-8-5-4-6-9-14/h2,4-6,8-9H,1,3,7,10-13H2/t15-/m1/s1. The quantitative estimate of drug-likeness (QED) is 0.389. The average molecular weight is 232 g/mol. The van der Waals surface area contributed by atoms with Crippen LogP contribution in [0.25, 0.3) is 0 Å². The minimum absolute atomic E-state index is 0.0117. The Morgan fingerprint density at radius 1 is 1.35 bits per heavy atom. The van der Waals surface area contributed by atoms with E-state index in [1.54, 1.807) is 0 Å². The summed E-state index contributed by atoms with van der Waals surface area (Å²) in [7, 11) is 0. The third kappa shape index (κ3) is 3.99. The summed E-state index contributed by atoms with van der Waals surface area (Å²) in [6.07, 6.45) is 5.23. The normalized spacial score (nSPS) is 22.4. The predicted octanol–water partition coefficient (Wildman–Crippen LogP) is 3.33. The molecule has 17 heavy (non-hydrogen) atoms. The van der Waals surface area contributed by atoms with E-state index in [2.05, 4.69) is 18.7 Å². The third-order valence-corrected chi connectivity index (χ3v) is 3.07. The molecule has 1 aromatic rings. The Hall–Kier alpha value is -1.12. The summed E-state index contributed by atoms with van der Waals surface area (Å²) in [5, 5.41) is 0. The van der Waals surface area contributed by atoms with E-state index in [9.17, 15) is 0 Å². The first-order valence-electron chi connectivity index (χ1n) is 6.21. The Morgan fingerprint density at radius 2 is 2.12 bits per heavy atom. The van der Waals surface area contributed by atoms with Gasteiger partial charge in [0, 0.05) is 0 Å². The highest BCUT2D eigenvalue weighted by molar-refractivity contribution is 5.13. The lowest BCUT2D eigenvalue weighted by atomic mass is 10.0. The largest absolute Gasteiger partial charge is 0.374 e. The fraction of sp³-hybridized carbons (Fsp3) is 0.467. The van der Waals surface area contributed by atoms with E-state index in [1.807, 2.05) is 24.3 Å². The molecule has 1 aromatic carbocycles. The molecule has 0 amide bonds. The van der Waals surface area contributed by atoms with Crippen molar-refractivity contribution >= 4 is 0 Å². The SMILES string of the molecule is C=CCCC[C@@]1(COCc2ccccc2)CO1. The molecule has 0 aromatic heterocycles. The first kappa shape index (κ1) is 12.3. The second-order valence-electron chi connectivity index (χ2n) is 4.63. The number of unbranched alkanes of at least 4 members (excludes halogenated alkanes) is 1. The number of allylic oxidation sites excluding steroid dienone is 1. The second kappa shape index (κ2) is 5.99. The van der Waals surface area contributed by atoms with Crippen LogP contribution in [0.1, 0.15) is 24.8 Å². The fourth-order valence-corrected chi connectivity index (χ4v) is 1.90. The zero-order valence-electron chi connectivity index (χ0n) is 10.2. The summed E-state index contributed by atoms with van der Waals surface area (Å²) in [5.74, 6) is 0. The molecule has 1 fully saturated rings. The van der Waals surface area contributed by atoms with E-state index >= 15 is 0 Å². The molecular formula is C15H20O2. The van der Waals surface area contributed by atoms with Crippen molar-refractivity contribution in [1.82, 2.24) is 0 Å². The monoisotopic (exact) mass is 232 g/mol.